The Bertz CT molecular complexity index is 855. The van der Waals surface area contributed by atoms with E-state index in [0.29, 0.717) is 11.8 Å². The van der Waals surface area contributed by atoms with Crippen molar-refractivity contribution in [3.05, 3.63) is 41.0 Å². The minimum absolute atomic E-state index is 0.0426. The van der Waals surface area contributed by atoms with Crippen LogP contribution in [0.5, 0.6) is 5.75 Å². The van der Waals surface area contributed by atoms with Crippen molar-refractivity contribution in [2.24, 2.45) is 16.7 Å². The third-order valence-electron chi connectivity index (χ3n) is 8.82. The molecule has 2 fully saturated rings. The molecule has 5 rings (SSSR count). The molecule has 0 unspecified atom stereocenters. The topological polar surface area (TPSA) is 35.5 Å². The van der Waals surface area contributed by atoms with Crippen molar-refractivity contribution in [2.75, 3.05) is 7.11 Å². The standard InChI is InChI=1S/C24H30O3/c1-15-14-23-11-12-24(15,27-16(2)25)22(23,3)10-9-20-19-7-6-18(26-4)13-17(19)5-8-21(20)23/h6-7,13-14,20-21H,5,8-12H2,1-4H3/t20-,21-,22+,23+,24-/m1/s1. The number of allylic oxidation sites excluding steroid dienone is 1. The Morgan fingerprint density at radius 1 is 1.19 bits per heavy atom. The number of esters is 1. The van der Waals surface area contributed by atoms with Crippen molar-refractivity contribution >= 4 is 5.97 Å². The number of methoxy groups -OCH3 is 1. The van der Waals surface area contributed by atoms with Crippen LogP contribution in [0.3, 0.4) is 0 Å². The number of hydrogen-bond donors (Lipinski definition) is 0. The summed E-state index contributed by atoms with van der Waals surface area (Å²) in [4.78, 5) is 12.0. The summed E-state index contributed by atoms with van der Waals surface area (Å²) in [5, 5.41) is 0. The number of carbonyl (C=O) groups excluding carboxylic acids is 1. The maximum atomic E-state index is 12.0. The van der Waals surface area contributed by atoms with Gasteiger partial charge in [0.25, 0.3) is 0 Å². The SMILES string of the molecule is COc1ccc2c(c1)CC[C@@H]1[C@@H]2CC[C@]2(C)[C@@]3(OC(C)=O)CC[C@]12C=C3C. The molecular formula is C24H30O3. The van der Waals surface area contributed by atoms with E-state index in [1.807, 2.05) is 0 Å². The molecule has 27 heavy (non-hydrogen) atoms. The monoisotopic (exact) mass is 366 g/mol. The molecule has 0 N–H and O–H groups in total. The summed E-state index contributed by atoms with van der Waals surface area (Å²) in [6.45, 7) is 6.18. The molecule has 0 heterocycles. The molecular weight excluding hydrogens is 336 g/mol. The van der Waals surface area contributed by atoms with Gasteiger partial charge in [0.1, 0.15) is 11.4 Å². The van der Waals surface area contributed by atoms with Gasteiger partial charge in [0, 0.05) is 17.8 Å². The lowest BCUT2D eigenvalue weighted by atomic mass is 9.48. The molecule has 0 aliphatic heterocycles. The van der Waals surface area contributed by atoms with Crippen LogP contribution in [0.15, 0.2) is 29.8 Å². The molecule has 3 heteroatoms. The van der Waals surface area contributed by atoms with Crippen molar-refractivity contribution in [3.8, 4) is 5.75 Å². The molecule has 144 valence electrons. The second-order valence-corrected chi connectivity index (χ2v) is 9.48. The Hall–Kier alpha value is -1.77. The quantitative estimate of drug-likeness (QED) is 0.534. The fraction of sp³-hybridized carbons (Fsp3) is 0.625. The van der Waals surface area contributed by atoms with Gasteiger partial charge in [-0.25, -0.2) is 0 Å². The Morgan fingerprint density at radius 2 is 2.00 bits per heavy atom. The fourth-order valence-electron chi connectivity index (χ4n) is 7.74. The third-order valence-corrected chi connectivity index (χ3v) is 8.82. The van der Waals surface area contributed by atoms with Crippen LogP contribution in [-0.4, -0.2) is 18.7 Å². The van der Waals surface area contributed by atoms with Crippen LogP contribution in [0.2, 0.25) is 0 Å². The van der Waals surface area contributed by atoms with E-state index in [1.54, 1.807) is 14.0 Å². The van der Waals surface area contributed by atoms with Crippen LogP contribution in [-0.2, 0) is 16.0 Å². The second kappa shape index (κ2) is 5.40. The Kier molecular flexibility index (Phi) is 3.46. The molecule has 0 spiro atoms. The molecule has 0 saturated heterocycles. The van der Waals surface area contributed by atoms with Crippen molar-refractivity contribution < 1.29 is 14.3 Å². The largest absolute Gasteiger partial charge is 0.497 e. The minimum atomic E-state index is -0.371. The molecule has 4 aliphatic rings. The number of hydrogen-bond acceptors (Lipinski definition) is 3. The van der Waals surface area contributed by atoms with Gasteiger partial charge >= 0.3 is 5.97 Å². The van der Waals surface area contributed by atoms with Gasteiger partial charge in [0.15, 0.2) is 0 Å². The summed E-state index contributed by atoms with van der Waals surface area (Å²) in [6, 6.07) is 6.68. The van der Waals surface area contributed by atoms with Gasteiger partial charge in [0.05, 0.1) is 7.11 Å². The highest BCUT2D eigenvalue weighted by atomic mass is 16.6. The first-order valence-electron chi connectivity index (χ1n) is 10.4. The molecule has 5 atom stereocenters. The number of carbonyl (C=O) groups is 1. The predicted octanol–water partition coefficient (Wildman–Crippen LogP) is 5.18. The maximum absolute atomic E-state index is 12.0. The van der Waals surface area contributed by atoms with Gasteiger partial charge in [0.2, 0.25) is 0 Å². The number of ether oxygens (including phenoxy) is 2. The zero-order valence-electron chi connectivity index (χ0n) is 16.9. The lowest BCUT2D eigenvalue weighted by molar-refractivity contribution is -0.170. The first-order chi connectivity index (χ1) is 12.9. The number of fused-ring (bicyclic) bond motifs is 3. The van der Waals surface area contributed by atoms with Gasteiger partial charge in [-0.3, -0.25) is 4.79 Å². The Labute approximate surface area is 162 Å². The van der Waals surface area contributed by atoms with Gasteiger partial charge in [-0.15, -0.1) is 0 Å². The highest BCUT2D eigenvalue weighted by Gasteiger charge is 2.74. The van der Waals surface area contributed by atoms with E-state index in [-0.39, 0.29) is 22.4 Å². The lowest BCUT2D eigenvalue weighted by Gasteiger charge is -2.56. The summed E-state index contributed by atoms with van der Waals surface area (Å²) >= 11 is 0. The Balaban J connectivity index is 1.59. The van der Waals surface area contributed by atoms with Crippen LogP contribution in [0.1, 0.15) is 69.9 Å². The molecule has 0 amide bonds. The average molecular weight is 367 g/mol. The lowest BCUT2D eigenvalue weighted by Crippen LogP contribution is -2.54. The van der Waals surface area contributed by atoms with Crippen LogP contribution < -0.4 is 4.74 Å². The van der Waals surface area contributed by atoms with Crippen molar-refractivity contribution in [3.63, 3.8) is 0 Å². The van der Waals surface area contributed by atoms with E-state index >= 15 is 0 Å². The summed E-state index contributed by atoms with van der Waals surface area (Å²) in [7, 11) is 1.75. The number of rotatable bonds is 2. The second-order valence-electron chi connectivity index (χ2n) is 9.48. The molecule has 1 aromatic carbocycles. The highest BCUT2D eigenvalue weighted by Crippen LogP contribution is 2.77. The molecule has 0 radical (unpaired) electrons. The van der Waals surface area contributed by atoms with E-state index < -0.39 is 0 Å². The van der Waals surface area contributed by atoms with E-state index in [9.17, 15) is 4.79 Å². The third kappa shape index (κ3) is 1.91. The van der Waals surface area contributed by atoms with E-state index in [1.165, 1.54) is 29.5 Å². The van der Waals surface area contributed by atoms with E-state index in [4.69, 9.17) is 9.47 Å². The predicted molar refractivity (Wildman–Crippen MR) is 105 cm³/mol. The Morgan fingerprint density at radius 3 is 2.70 bits per heavy atom. The van der Waals surface area contributed by atoms with Gasteiger partial charge < -0.3 is 9.47 Å². The smallest absolute Gasteiger partial charge is 0.303 e. The van der Waals surface area contributed by atoms with Crippen molar-refractivity contribution in [1.82, 2.24) is 0 Å². The summed E-state index contributed by atoms with van der Waals surface area (Å²) in [5.74, 6) is 2.09. The molecule has 0 aromatic heterocycles. The van der Waals surface area contributed by atoms with Crippen LogP contribution in [0.4, 0.5) is 0 Å². The van der Waals surface area contributed by atoms with E-state index in [2.05, 4.69) is 38.1 Å². The number of aryl methyl sites for hydroxylation is 1. The molecule has 3 nitrogen and oxygen atoms in total. The normalized spacial score (nSPS) is 41.3. The summed E-state index contributed by atoms with van der Waals surface area (Å²) < 4.78 is 11.6. The zero-order valence-corrected chi connectivity index (χ0v) is 16.9. The summed E-state index contributed by atoms with van der Waals surface area (Å²) in [5.41, 5.74) is 4.15. The molecule has 1 aromatic rings. The number of benzene rings is 1. The first-order valence-corrected chi connectivity index (χ1v) is 10.4. The van der Waals surface area contributed by atoms with Gasteiger partial charge in [-0.05, 0) is 86.1 Å². The molecule has 4 aliphatic carbocycles. The highest BCUT2D eigenvalue weighted by molar-refractivity contribution is 5.68. The first kappa shape index (κ1) is 17.3. The maximum Gasteiger partial charge on any atom is 0.303 e. The molecule has 2 bridgehead atoms. The molecule has 2 saturated carbocycles. The minimum Gasteiger partial charge on any atom is -0.497 e. The van der Waals surface area contributed by atoms with Crippen LogP contribution in [0, 0.1) is 16.7 Å². The van der Waals surface area contributed by atoms with Gasteiger partial charge in [-0.1, -0.05) is 19.1 Å². The average Bonchev–Trinajstić information content (AvgIpc) is 3.00. The van der Waals surface area contributed by atoms with Crippen LogP contribution in [0.25, 0.3) is 0 Å². The van der Waals surface area contributed by atoms with Gasteiger partial charge in [-0.2, -0.15) is 0 Å². The zero-order chi connectivity index (χ0) is 19.0. The van der Waals surface area contributed by atoms with Crippen molar-refractivity contribution in [1.29, 1.82) is 0 Å². The summed E-state index contributed by atoms with van der Waals surface area (Å²) in [6.07, 6.45) is 9.34. The van der Waals surface area contributed by atoms with Crippen molar-refractivity contribution in [2.45, 2.75) is 70.8 Å². The fourth-order valence-corrected chi connectivity index (χ4v) is 7.74. The van der Waals surface area contributed by atoms with E-state index in [0.717, 1.165) is 31.4 Å². The van der Waals surface area contributed by atoms with Crippen LogP contribution >= 0.6 is 0 Å².